The van der Waals surface area contributed by atoms with Crippen LogP contribution in [0.1, 0.15) is 20.3 Å². The highest BCUT2D eigenvalue weighted by Gasteiger charge is 2.39. The first kappa shape index (κ1) is 20.1. The summed E-state index contributed by atoms with van der Waals surface area (Å²) in [7, 11) is 0. The molecule has 0 spiro atoms. The molecule has 0 bridgehead atoms. The Morgan fingerprint density at radius 2 is 1.33 bits per heavy atom. The lowest BCUT2D eigenvalue weighted by atomic mass is 10.2. The van der Waals surface area contributed by atoms with Crippen molar-refractivity contribution in [3.63, 3.8) is 0 Å². The van der Waals surface area contributed by atoms with Crippen LogP contribution in [0.2, 0.25) is 0 Å². The molecule has 0 aliphatic rings. The van der Waals surface area contributed by atoms with Crippen molar-refractivity contribution in [1.82, 2.24) is 0 Å². The average molecular weight is 306 g/mol. The van der Waals surface area contributed by atoms with E-state index < -0.39 is 17.5 Å². The third-order valence-electron chi connectivity index (χ3n) is 2.07. The topological polar surface area (TPSA) is 132 Å². The molecule has 0 saturated heterocycles. The minimum absolute atomic E-state index is 0.149. The molecule has 0 fully saturated rings. The van der Waals surface area contributed by atoms with Crippen molar-refractivity contribution in [1.29, 1.82) is 0 Å². The average Bonchev–Trinajstić information content (AvgIpc) is 2.38. The third-order valence-corrected chi connectivity index (χ3v) is 2.07. The second-order valence-corrected chi connectivity index (χ2v) is 5.00. The number of ether oxygens (including phenoxy) is 4. The van der Waals surface area contributed by atoms with Crippen LogP contribution >= 0.6 is 0 Å². The molecule has 6 N–H and O–H groups in total. The van der Waals surface area contributed by atoms with E-state index >= 15 is 0 Å². The van der Waals surface area contributed by atoms with E-state index in [0.717, 1.165) is 0 Å². The Morgan fingerprint density at radius 1 is 0.952 bits per heavy atom. The normalized spacial score (nSPS) is 12.4. The fourth-order valence-electron chi connectivity index (χ4n) is 1.44. The van der Waals surface area contributed by atoms with Crippen LogP contribution in [0.25, 0.3) is 0 Å². The number of hydrogen-bond donors (Lipinski definition) is 3. The van der Waals surface area contributed by atoms with Gasteiger partial charge in [-0.1, -0.05) is 0 Å². The van der Waals surface area contributed by atoms with E-state index in [1.807, 2.05) is 0 Å². The van der Waals surface area contributed by atoms with Crippen LogP contribution in [0.15, 0.2) is 0 Å². The van der Waals surface area contributed by atoms with E-state index in [1.165, 1.54) is 0 Å². The van der Waals surface area contributed by atoms with E-state index in [-0.39, 0.29) is 45.9 Å². The van der Waals surface area contributed by atoms with Crippen molar-refractivity contribution >= 4 is 5.97 Å². The second kappa shape index (κ2) is 9.93. The highest BCUT2D eigenvalue weighted by atomic mass is 16.9. The molecule has 0 aliphatic heterocycles. The van der Waals surface area contributed by atoms with Crippen molar-refractivity contribution in [3.05, 3.63) is 6.92 Å². The molecular weight excluding hydrogens is 278 g/mol. The Balaban J connectivity index is 4.88. The number of rotatable bonds is 12. The zero-order valence-electron chi connectivity index (χ0n) is 12.9. The van der Waals surface area contributed by atoms with Gasteiger partial charge in [0.2, 0.25) is 5.60 Å². The molecule has 0 rings (SSSR count). The van der Waals surface area contributed by atoms with Crippen LogP contribution in [-0.4, -0.2) is 57.0 Å². The maximum Gasteiger partial charge on any atom is 0.317 e. The van der Waals surface area contributed by atoms with Crippen molar-refractivity contribution in [2.75, 3.05) is 39.5 Å². The largest absolute Gasteiger partial charge is 0.419 e. The van der Waals surface area contributed by atoms with Crippen molar-refractivity contribution < 1.29 is 23.7 Å². The molecule has 8 nitrogen and oxygen atoms in total. The molecule has 124 valence electrons. The van der Waals surface area contributed by atoms with Crippen molar-refractivity contribution in [3.8, 4) is 0 Å². The van der Waals surface area contributed by atoms with Crippen molar-refractivity contribution in [2.45, 2.75) is 31.8 Å². The van der Waals surface area contributed by atoms with Gasteiger partial charge in [-0.2, -0.15) is 0 Å². The summed E-state index contributed by atoms with van der Waals surface area (Å²) in [4.78, 5) is 12.0. The van der Waals surface area contributed by atoms with Gasteiger partial charge in [-0.05, 0) is 0 Å². The Kier molecular flexibility index (Phi) is 9.51. The minimum atomic E-state index is -1.60. The van der Waals surface area contributed by atoms with Crippen LogP contribution < -0.4 is 17.2 Å². The maximum absolute atomic E-state index is 12.0. The number of carbonyl (C=O) groups is 1. The molecule has 0 saturated carbocycles. The Morgan fingerprint density at radius 3 is 1.62 bits per heavy atom. The predicted octanol–water partition coefficient (Wildman–Crippen LogP) is -0.888. The first-order valence-corrected chi connectivity index (χ1v) is 6.88. The number of hydrogen-bond acceptors (Lipinski definition) is 8. The molecule has 0 amide bonds. The smallest absolute Gasteiger partial charge is 0.317 e. The molecule has 0 radical (unpaired) electrons. The van der Waals surface area contributed by atoms with Crippen LogP contribution in [0, 0.1) is 6.92 Å². The van der Waals surface area contributed by atoms with Gasteiger partial charge in [-0.15, -0.1) is 0 Å². The Bertz CT molecular complexity index is 272. The highest BCUT2D eigenvalue weighted by molar-refractivity contribution is 5.70. The van der Waals surface area contributed by atoms with E-state index in [0.29, 0.717) is 0 Å². The SMILES string of the molecule is [CH2+]C(C)(C)OC(=O)CC(OCCN)(OCCN)OCCN. The zero-order chi connectivity index (χ0) is 16.4. The standard InChI is InChI=1S/C13H28N3O5/c1-12(2,3)21-11(17)10-13(18-7-4-14,19-8-5-15)20-9-6-16/h1,4-10,14-16H2,2-3H3/q+1. The van der Waals surface area contributed by atoms with Gasteiger partial charge < -0.3 is 36.1 Å². The molecule has 8 heteroatoms. The summed E-state index contributed by atoms with van der Waals surface area (Å²) in [6.07, 6.45) is -0.272. The molecule has 0 atom stereocenters. The Hall–Kier alpha value is -0.900. The second-order valence-electron chi connectivity index (χ2n) is 5.00. The van der Waals surface area contributed by atoms with Gasteiger partial charge >= 0.3 is 5.97 Å². The Labute approximate surface area is 126 Å². The molecular formula is C13H28N3O5+. The van der Waals surface area contributed by atoms with Gasteiger partial charge in [-0.25, -0.2) is 0 Å². The van der Waals surface area contributed by atoms with Crippen LogP contribution in [-0.2, 0) is 23.7 Å². The lowest BCUT2D eigenvalue weighted by Gasteiger charge is -2.32. The first-order valence-electron chi connectivity index (χ1n) is 6.88. The quantitative estimate of drug-likeness (QED) is 0.240. The van der Waals surface area contributed by atoms with E-state index in [9.17, 15) is 4.79 Å². The fourth-order valence-corrected chi connectivity index (χ4v) is 1.44. The third kappa shape index (κ3) is 9.62. The van der Waals surface area contributed by atoms with Gasteiger partial charge in [0.05, 0.1) is 19.8 Å². The summed E-state index contributed by atoms with van der Waals surface area (Å²) in [5.74, 6) is -2.17. The molecule has 0 aromatic heterocycles. The van der Waals surface area contributed by atoms with E-state index in [2.05, 4.69) is 6.92 Å². The summed E-state index contributed by atoms with van der Waals surface area (Å²) in [5.41, 5.74) is 15.4. The van der Waals surface area contributed by atoms with Gasteiger partial charge in [0.15, 0.2) is 0 Å². The van der Waals surface area contributed by atoms with Gasteiger partial charge in [0, 0.05) is 33.5 Å². The summed E-state index contributed by atoms with van der Waals surface area (Å²) in [6.45, 7) is 8.21. The van der Waals surface area contributed by atoms with Crippen LogP contribution in [0.3, 0.4) is 0 Å². The summed E-state index contributed by atoms with van der Waals surface area (Å²) in [6, 6.07) is 0. The summed E-state index contributed by atoms with van der Waals surface area (Å²) < 4.78 is 21.5. The van der Waals surface area contributed by atoms with Gasteiger partial charge in [-0.3, -0.25) is 4.79 Å². The number of carbonyl (C=O) groups excluding carboxylic acids is 1. The van der Waals surface area contributed by atoms with Gasteiger partial charge in [0.25, 0.3) is 5.97 Å². The van der Waals surface area contributed by atoms with E-state index in [4.69, 9.17) is 36.1 Å². The minimum Gasteiger partial charge on any atom is -0.419 e. The fraction of sp³-hybridized carbons (Fsp3) is 0.846. The lowest BCUT2D eigenvalue weighted by Crippen LogP contribution is -2.45. The highest BCUT2D eigenvalue weighted by Crippen LogP contribution is 2.22. The molecule has 0 unspecified atom stereocenters. The molecule has 0 aliphatic carbocycles. The predicted molar refractivity (Wildman–Crippen MR) is 77.9 cm³/mol. The summed E-state index contributed by atoms with van der Waals surface area (Å²) in [5, 5.41) is 0. The summed E-state index contributed by atoms with van der Waals surface area (Å²) >= 11 is 0. The van der Waals surface area contributed by atoms with E-state index in [1.54, 1.807) is 13.8 Å². The zero-order valence-corrected chi connectivity index (χ0v) is 12.9. The molecule has 0 heterocycles. The lowest BCUT2D eigenvalue weighted by molar-refractivity contribution is -0.378. The van der Waals surface area contributed by atoms with Crippen LogP contribution in [0.4, 0.5) is 0 Å². The molecule has 0 aromatic carbocycles. The molecule has 0 aromatic rings. The monoisotopic (exact) mass is 306 g/mol. The maximum atomic E-state index is 12.0. The van der Waals surface area contributed by atoms with Crippen molar-refractivity contribution in [2.24, 2.45) is 17.2 Å². The number of nitrogens with two attached hydrogens (primary N) is 3. The first-order chi connectivity index (χ1) is 9.78. The van der Waals surface area contributed by atoms with Gasteiger partial charge in [0.1, 0.15) is 13.3 Å². The number of esters is 1. The van der Waals surface area contributed by atoms with Crippen LogP contribution in [0.5, 0.6) is 0 Å². The molecule has 21 heavy (non-hydrogen) atoms.